The number of hydrogen-bond donors (Lipinski definition) is 0. The summed E-state index contributed by atoms with van der Waals surface area (Å²) in [6.45, 7) is 2.47. The fraction of sp³-hybridized carbons (Fsp3) is 0.625. The number of carbonyl (C=O) groups excluding carboxylic acids is 1. The number of alkyl halides is 6. The predicted octanol–water partition coefficient (Wildman–Crippen LogP) is 4.48. The molecule has 4 rings (SSSR count). The standard InChI is InChI=1S/C24H28F6N4O5/c25-23(26,27)17-1-6-21-16(13-17)14-20(39-21)7-8-31-9-11-32(12-10-31)22(35)15-38-19-4-2-18(3-5-19)33(34(36)37)24(28,29)30/h1,6,13-14,18-19H,2-5,7-12,15H2. The van der Waals surface area contributed by atoms with Crippen molar-refractivity contribution in [3.05, 3.63) is 45.7 Å². The van der Waals surface area contributed by atoms with Crippen molar-refractivity contribution in [2.75, 3.05) is 39.3 Å². The molecule has 1 aliphatic heterocycles. The number of carbonyl (C=O) groups is 1. The van der Waals surface area contributed by atoms with E-state index in [1.165, 1.54) is 6.07 Å². The second-order valence-corrected chi connectivity index (χ2v) is 9.73. The number of amides is 1. The quantitative estimate of drug-likeness (QED) is 0.201. The molecule has 0 atom stereocenters. The molecule has 15 heteroatoms. The Kier molecular flexibility index (Phi) is 8.59. The van der Waals surface area contributed by atoms with Gasteiger partial charge in [-0.05, 0) is 55.0 Å². The average Bonchev–Trinajstić information content (AvgIpc) is 3.28. The lowest BCUT2D eigenvalue weighted by Gasteiger charge is -2.35. The van der Waals surface area contributed by atoms with Crippen LogP contribution in [0, 0.1) is 10.1 Å². The zero-order valence-corrected chi connectivity index (χ0v) is 20.8. The van der Waals surface area contributed by atoms with E-state index in [4.69, 9.17) is 9.15 Å². The third-order valence-electron chi connectivity index (χ3n) is 7.16. The Labute approximate surface area is 219 Å². The van der Waals surface area contributed by atoms with Crippen LogP contribution in [0.15, 0.2) is 28.7 Å². The number of halogens is 6. The first-order valence-electron chi connectivity index (χ1n) is 12.5. The molecule has 2 aliphatic rings. The fourth-order valence-corrected chi connectivity index (χ4v) is 5.06. The van der Waals surface area contributed by atoms with Crippen LogP contribution in [0.5, 0.6) is 0 Å². The minimum Gasteiger partial charge on any atom is -0.461 e. The number of rotatable bonds is 8. The molecule has 2 heterocycles. The summed E-state index contributed by atoms with van der Waals surface area (Å²) >= 11 is 0. The Balaban J connectivity index is 1.16. The average molecular weight is 566 g/mol. The van der Waals surface area contributed by atoms with Crippen LogP contribution in [0.25, 0.3) is 11.0 Å². The summed E-state index contributed by atoms with van der Waals surface area (Å²) in [5.74, 6) is 0.333. The first kappa shape index (κ1) is 28.9. The van der Waals surface area contributed by atoms with Crippen LogP contribution in [0.3, 0.4) is 0 Å². The van der Waals surface area contributed by atoms with Gasteiger partial charge >= 0.3 is 12.5 Å². The van der Waals surface area contributed by atoms with Gasteiger partial charge in [0.2, 0.25) is 5.91 Å². The van der Waals surface area contributed by atoms with Crippen LogP contribution in [0.1, 0.15) is 37.0 Å². The number of ether oxygens (including phenoxy) is 1. The van der Waals surface area contributed by atoms with Crippen LogP contribution in [-0.4, -0.2) is 83.5 Å². The highest BCUT2D eigenvalue weighted by molar-refractivity contribution is 5.79. The van der Waals surface area contributed by atoms with Gasteiger partial charge in [0.05, 0.1) is 11.7 Å². The van der Waals surface area contributed by atoms with E-state index >= 15 is 0 Å². The van der Waals surface area contributed by atoms with E-state index in [2.05, 4.69) is 4.90 Å². The lowest BCUT2D eigenvalue weighted by molar-refractivity contribution is -0.717. The van der Waals surface area contributed by atoms with Crippen LogP contribution >= 0.6 is 0 Å². The molecular formula is C24H28F6N4O5. The molecule has 0 spiro atoms. The van der Waals surface area contributed by atoms with Crippen molar-refractivity contribution >= 4 is 16.9 Å². The van der Waals surface area contributed by atoms with Crippen LogP contribution in [-0.2, 0) is 22.1 Å². The first-order chi connectivity index (χ1) is 18.3. The Morgan fingerprint density at radius 1 is 1.05 bits per heavy atom. The molecule has 1 aromatic carbocycles. The molecule has 1 amide bonds. The molecular weight excluding hydrogens is 538 g/mol. The zero-order chi connectivity index (χ0) is 28.4. The van der Waals surface area contributed by atoms with Gasteiger partial charge in [0.25, 0.3) is 0 Å². The highest BCUT2D eigenvalue weighted by Crippen LogP contribution is 2.33. The van der Waals surface area contributed by atoms with Gasteiger partial charge in [-0.25, -0.2) is 10.1 Å². The van der Waals surface area contributed by atoms with E-state index in [0.717, 1.165) is 12.1 Å². The first-order valence-corrected chi connectivity index (χ1v) is 12.5. The van der Waals surface area contributed by atoms with Crippen molar-refractivity contribution in [3.8, 4) is 0 Å². The number of hydrazine groups is 1. The van der Waals surface area contributed by atoms with Crippen LogP contribution in [0.2, 0.25) is 0 Å². The van der Waals surface area contributed by atoms with E-state index < -0.39 is 40.2 Å². The number of fused-ring (bicyclic) bond motifs is 1. The van der Waals surface area contributed by atoms with Crippen molar-refractivity contribution in [2.24, 2.45) is 0 Å². The molecule has 39 heavy (non-hydrogen) atoms. The van der Waals surface area contributed by atoms with Crippen molar-refractivity contribution in [1.29, 1.82) is 0 Å². The van der Waals surface area contributed by atoms with Gasteiger partial charge < -0.3 is 14.1 Å². The third kappa shape index (κ3) is 7.32. The van der Waals surface area contributed by atoms with Gasteiger partial charge in [-0.15, -0.1) is 13.2 Å². The fourth-order valence-electron chi connectivity index (χ4n) is 5.06. The molecule has 1 aromatic heterocycles. The molecule has 0 unspecified atom stereocenters. The summed E-state index contributed by atoms with van der Waals surface area (Å²) in [6.07, 6.45) is -9.18. The highest BCUT2D eigenvalue weighted by Gasteiger charge is 2.51. The second-order valence-electron chi connectivity index (χ2n) is 9.73. The lowest BCUT2D eigenvalue weighted by atomic mass is 9.92. The molecule has 216 valence electrons. The summed E-state index contributed by atoms with van der Waals surface area (Å²) in [6, 6.07) is 3.69. The SMILES string of the molecule is O=C(COC1CCC(N([N+](=O)[O-])C(F)(F)F)CC1)N1CCN(CCc2cc3cc(C(F)(F)F)ccc3o2)CC1. The molecule has 1 aliphatic carbocycles. The van der Waals surface area contributed by atoms with Gasteiger partial charge in [0.1, 0.15) is 24.0 Å². The van der Waals surface area contributed by atoms with E-state index in [9.17, 15) is 41.3 Å². The Bertz CT molecular complexity index is 1150. The molecule has 2 aromatic rings. The Morgan fingerprint density at radius 3 is 2.31 bits per heavy atom. The molecule has 2 fully saturated rings. The van der Waals surface area contributed by atoms with Crippen LogP contribution < -0.4 is 0 Å². The summed E-state index contributed by atoms with van der Waals surface area (Å²) in [7, 11) is 0. The maximum Gasteiger partial charge on any atom is 0.536 e. The van der Waals surface area contributed by atoms with Crippen molar-refractivity contribution in [2.45, 2.75) is 56.7 Å². The van der Waals surface area contributed by atoms with Gasteiger partial charge in [0, 0.05) is 44.5 Å². The number of piperazine rings is 1. The lowest BCUT2D eigenvalue weighted by Crippen LogP contribution is -2.51. The van der Waals surface area contributed by atoms with E-state index in [1.807, 2.05) is 0 Å². The zero-order valence-electron chi connectivity index (χ0n) is 20.8. The smallest absolute Gasteiger partial charge is 0.461 e. The maximum atomic E-state index is 12.9. The number of hydrogen-bond acceptors (Lipinski definition) is 6. The summed E-state index contributed by atoms with van der Waals surface area (Å²) < 4.78 is 88.8. The predicted molar refractivity (Wildman–Crippen MR) is 125 cm³/mol. The summed E-state index contributed by atoms with van der Waals surface area (Å²) in [5, 5.41) is 9.11. The summed E-state index contributed by atoms with van der Waals surface area (Å²) in [4.78, 5) is 27.1. The highest BCUT2D eigenvalue weighted by atomic mass is 19.4. The van der Waals surface area contributed by atoms with Crippen molar-refractivity contribution in [3.63, 3.8) is 0 Å². The maximum absolute atomic E-state index is 12.9. The number of furan rings is 1. The molecule has 0 N–H and O–H groups in total. The number of nitro groups is 1. The van der Waals surface area contributed by atoms with Crippen molar-refractivity contribution in [1.82, 2.24) is 14.8 Å². The van der Waals surface area contributed by atoms with Gasteiger partial charge in [0.15, 0.2) is 5.03 Å². The Hall–Kier alpha value is -3.07. The van der Waals surface area contributed by atoms with Gasteiger partial charge in [-0.3, -0.25) is 9.69 Å². The van der Waals surface area contributed by atoms with Gasteiger partial charge in [-0.2, -0.15) is 13.2 Å². The monoisotopic (exact) mass is 566 g/mol. The topological polar surface area (TPSA) is 92.3 Å². The Morgan fingerprint density at radius 2 is 1.72 bits per heavy atom. The molecule has 1 saturated carbocycles. The number of benzene rings is 1. The number of nitrogens with zero attached hydrogens (tertiary/aromatic N) is 4. The van der Waals surface area contributed by atoms with E-state index in [0.29, 0.717) is 55.9 Å². The normalized spacial score (nSPS) is 21.3. The van der Waals surface area contributed by atoms with Crippen molar-refractivity contribution < 1.29 is 45.3 Å². The molecule has 9 nitrogen and oxygen atoms in total. The van der Waals surface area contributed by atoms with E-state index in [-0.39, 0.29) is 38.2 Å². The van der Waals surface area contributed by atoms with Gasteiger partial charge in [-0.1, -0.05) is 0 Å². The minimum absolute atomic E-state index is 0.0628. The largest absolute Gasteiger partial charge is 0.536 e. The molecule has 0 radical (unpaired) electrons. The third-order valence-corrected chi connectivity index (χ3v) is 7.16. The minimum atomic E-state index is -5.06. The summed E-state index contributed by atoms with van der Waals surface area (Å²) in [5.41, 5.74) is -0.347. The van der Waals surface area contributed by atoms with Crippen LogP contribution in [0.4, 0.5) is 26.3 Å². The second kappa shape index (κ2) is 11.6. The molecule has 0 bridgehead atoms. The van der Waals surface area contributed by atoms with E-state index in [1.54, 1.807) is 11.0 Å². The molecule has 1 saturated heterocycles.